The van der Waals surface area contributed by atoms with E-state index in [1.807, 2.05) is 30.3 Å². The van der Waals surface area contributed by atoms with E-state index in [-0.39, 0.29) is 5.69 Å². The Bertz CT molecular complexity index is 941. The minimum atomic E-state index is -0.420. The molecule has 0 saturated heterocycles. The topological polar surface area (TPSA) is 65.3 Å². The molecule has 0 spiro atoms. The van der Waals surface area contributed by atoms with Crippen molar-refractivity contribution in [3.63, 3.8) is 0 Å². The third-order valence-corrected chi connectivity index (χ3v) is 3.32. The van der Waals surface area contributed by atoms with E-state index in [9.17, 15) is 10.1 Å². The fourth-order valence-electron chi connectivity index (χ4n) is 2.27. The van der Waals surface area contributed by atoms with Crippen molar-refractivity contribution < 1.29 is 9.66 Å². The molecule has 0 aliphatic rings. The maximum absolute atomic E-state index is 11.2. The molecule has 0 atom stereocenters. The second kappa shape index (κ2) is 6.16. The summed E-state index contributed by atoms with van der Waals surface area (Å²) < 4.78 is 5.25. The molecule has 5 nitrogen and oxygen atoms in total. The molecule has 0 bridgehead atoms. The van der Waals surface area contributed by atoms with E-state index in [0.29, 0.717) is 22.3 Å². The molecule has 0 unspecified atom stereocenters. The molecular weight excluding hydrogens is 292 g/mol. The number of fused-ring (bicyclic) bond motifs is 1. The number of ether oxygens (including phenoxy) is 1. The van der Waals surface area contributed by atoms with Crippen LogP contribution < -0.4 is 4.74 Å². The third kappa shape index (κ3) is 2.97. The summed E-state index contributed by atoms with van der Waals surface area (Å²) in [5.74, 6) is 6.24. The zero-order valence-corrected chi connectivity index (χ0v) is 12.3. The van der Waals surface area contributed by atoms with Gasteiger partial charge in [-0.3, -0.25) is 10.1 Å². The van der Waals surface area contributed by atoms with E-state index in [1.54, 1.807) is 18.2 Å². The molecule has 3 aromatic rings. The van der Waals surface area contributed by atoms with Gasteiger partial charge >= 0.3 is 0 Å². The molecular formula is C18H12N2O3. The second-order valence-electron chi connectivity index (χ2n) is 4.76. The normalized spacial score (nSPS) is 9.96. The summed E-state index contributed by atoms with van der Waals surface area (Å²) >= 11 is 0. The Hall–Kier alpha value is -3.39. The van der Waals surface area contributed by atoms with Gasteiger partial charge < -0.3 is 4.74 Å². The van der Waals surface area contributed by atoms with Crippen LogP contribution in [0.5, 0.6) is 5.88 Å². The van der Waals surface area contributed by atoms with Crippen LogP contribution in [-0.2, 0) is 0 Å². The quantitative estimate of drug-likeness (QED) is 0.412. The van der Waals surface area contributed by atoms with Crippen molar-refractivity contribution in [1.82, 2.24) is 4.98 Å². The third-order valence-electron chi connectivity index (χ3n) is 3.32. The van der Waals surface area contributed by atoms with Gasteiger partial charge in [0.2, 0.25) is 5.88 Å². The average Bonchev–Trinajstić information content (AvgIpc) is 2.59. The predicted molar refractivity (Wildman–Crippen MR) is 87.4 cm³/mol. The molecule has 1 heterocycles. The number of nitrogens with zero attached hydrogens (tertiary/aromatic N) is 2. The lowest BCUT2D eigenvalue weighted by molar-refractivity contribution is -0.383. The van der Waals surface area contributed by atoms with Crippen LogP contribution in [0.1, 0.15) is 11.3 Å². The highest BCUT2D eigenvalue weighted by Gasteiger charge is 2.15. The van der Waals surface area contributed by atoms with Gasteiger partial charge in [-0.15, -0.1) is 0 Å². The first kappa shape index (κ1) is 14.5. The first-order chi connectivity index (χ1) is 11.2. The van der Waals surface area contributed by atoms with E-state index in [0.717, 1.165) is 5.56 Å². The molecule has 0 fully saturated rings. The summed E-state index contributed by atoms with van der Waals surface area (Å²) in [6.07, 6.45) is 0. The lowest BCUT2D eigenvalue weighted by Gasteiger charge is -2.05. The number of methoxy groups -OCH3 is 1. The highest BCUT2D eigenvalue weighted by atomic mass is 16.6. The van der Waals surface area contributed by atoms with Gasteiger partial charge in [0.15, 0.2) is 0 Å². The monoisotopic (exact) mass is 304 g/mol. The molecule has 0 amide bonds. The Morgan fingerprint density at radius 1 is 1.04 bits per heavy atom. The largest absolute Gasteiger partial charge is 0.481 e. The minimum absolute atomic E-state index is 0.00552. The van der Waals surface area contributed by atoms with E-state index >= 15 is 0 Å². The van der Waals surface area contributed by atoms with Crippen molar-refractivity contribution in [2.45, 2.75) is 0 Å². The molecule has 0 saturated carbocycles. The van der Waals surface area contributed by atoms with Gasteiger partial charge in [0.25, 0.3) is 5.69 Å². The number of rotatable bonds is 2. The van der Waals surface area contributed by atoms with E-state index in [1.165, 1.54) is 13.2 Å². The highest BCUT2D eigenvalue weighted by molar-refractivity contribution is 5.94. The average molecular weight is 304 g/mol. The Morgan fingerprint density at radius 3 is 2.52 bits per heavy atom. The zero-order valence-electron chi connectivity index (χ0n) is 12.3. The van der Waals surface area contributed by atoms with Gasteiger partial charge in [-0.25, -0.2) is 4.98 Å². The lowest BCUT2D eigenvalue weighted by atomic mass is 10.1. The van der Waals surface area contributed by atoms with Crippen LogP contribution in [0.15, 0.2) is 54.6 Å². The van der Waals surface area contributed by atoms with Gasteiger partial charge in [0.1, 0.15) is 5.69 Å². The van der Waals surface area contributed by atoms with Gasteiger partial charge in [0.05, 0.1) is 22.8 Å². The molecule has 0 N–H and O–H groups in total. The summed E-state index contributed by atoms with van der Waals surface area (Å²) in [7, 11) is 1.48. The SMILES string of the molecule is COc1nc(C#Cc2ccccc2)cc2c([N+](=O)[O-])cccc12. The lowest BCUT2D eigenvalue weighted by Crippen LogP contribution is -1.95. The molecule has 3 rings (SSSR count). The summed E-state index contributed by atoms with van der Waals surface area (Å²) in [6, 6.07) is 15.9. The molecule has 0 aliphatic carbocycles. The van der Waals surface area contributed by atoms with Crippen molar-refractivity contribution in [2.75, 3.05) is 7.11 Å². The van der Waals surface area contributed by atoms with Crippen LogP contribution in [0.3, 0.4) is 0 Å². The molecule has 1 aromatic heterocycles. The number of aromatic nitrogens is 1. The number of pyridine rings is 1. The first-order valence-electron chi connectivity index (χ1n) is 6.88. The Balaban J connectivity index is 2.18. The number of hydrogen-bond acceptors (Lipinski definition) is 4. The zero-order chi connectivity index (χ0) is 16.2. The van der Waals surface area contributed by atoms with Crippen LogP contribution in [0, 0.1) is 22.0 Å². The first-order valence-corrected chi connectivity index (χ1v) is 6.88. The standard InChI is InChI=1S/C18H12N2O3/c1-23-18-15-8-5-9-17(20(21)22)16(15)12-14(19-18)11-10-13-6-3-2-4-7-13/h2-9,12H,1H3. The number of non-ortho nitro benzene ring substituents is 1. The Kier molecular flexibility index (Phi) is 3.89. The highest BCUT2D eigenvalue weighted by Crippen LogP contribution is 2.31. The number of benzene rings is 2. The van der Waals surface area contributed by atoms with Crippen LogP contribution in [-0.4, -0.2) is 17.0 Å². The number of nitro benzene ring substituents is 1. The molecule has 23 heavy (non-hydrogen) atoms. The molecule has 0 radical (unpaired) electrons. The van der Waals surface area contributed by atoms with Gasteiger partial charge in [-0.2, -0.15) is 0 Å². The van der Waals surface area contributed by atoms with Crippen molar-refractivity contribution in [2.24, 2.45) is 0 Å². The van der Waals surface area contributed by atoms with Gasteiger partial charge in [-0.1, -0.05) is 30.2 Å². The van der Waals surface area contributed by atoms with Crippen molar-refractivity contribution >= 4 is 16.5 Å². The predicted octanol–water partition coefficient (Wildman–Crippen LogP) is 3.55. The summed E-state index contributed by atoms with van der Waals surface area (Å²) in [5.41, 5.74) is 1.27. The van der Waals surface area contributed by atoms with Crippen LogP contribution in [0.2, 0.25) is 0 Å². The smallest absolute Gasteiger partial charge is 0.277 e. The van der Waals surface area contributed by atoms with Crippen LogP contribution in [0.25, 0.3) is 10.8 Å². The Morgan fingerprint density at radius 2 is 1.83 bits per heavy atom. The van der Waals surface area contributed by atoms with Crippen LogP contribution in [0.4, 0.5) is 5.69 Å². The summed E-state index contributed by atoms with van der Waals surface area (Å²) in [6.45, 7) is 0. The van der Waals surface area contributed by atoms with Crippen molar-refractivity contribution in [3.8, 4) is 17.7 Å². The van der Waals surface area contributed by atoms with E-state index in [2.05, 4.69) is 16.8 Å². The van der Waals surface area contributed by atoms with E-state index in [4.69, 9.17) is 4.74 Å². The Labute approximate surface area is 132 Å². The maximum atomic E-state index is 11.2. The maximum Gasteiger partial charge on any atom is 0.277 e. The molecule has 5 heteroatoms. The summed E-state index contributed by atoms with van der Waals surface area (Å²) in [5, 5.41) is 12.3. The second-order valence-corrected chi connectivity index (χ2v) is 4.76. The van der Waals surface area contributed by atoms with E-state index < -0.39 is 4.92 Å². The number of hydrogen-bond donors (Lipinski definition) is 0. The van der Waals surface area contributed by atoms with Crippen molar-refractivity contribution in [3.05, 3.63) is 76.0 Å². The van der Waals surface area contributed by atoms with Crippen molar-refractivity contribution in [1.29, 1.82) is 0 Å². The van der Waals surface area contributed by atoms with Gasteiger partial charge in [0, 0.05) is 11.6 Å². The fourth-order valence-corrected chi connectivity index (χ4v) is 2.27. The fraction of sp³-hybridized carbons (Fsp3) is 0.0556. The van der Waals surface area contributed by atoms with Crippen LogP contribution >= 0.6 is 0 Å². The molecule has 2 aromatic carbocycles. The number of nitro groups is 1. The molecule has 0 aliphatic heterocycles. The molecule has 112 valence electrons. The van der Waals surface area contributed by atoms with Gasteiger partial charge in [-0.05, 0) is 30.2 Å². The minimum Gasteiger partial charge on any atom is -0.481 e. The summed E-state index contributed by atoms with van der Waals surface area (Å²) in [4.78, 5) is 15.1.